The fraction of sp³-hybridized carbons (Fsp3) is 0.286. The van der Waals surface area contributed by atoms with E-state index < -0.39 is 6.10 Å². The van der Waals surface area contributed by atoms with Gasteiger partial charge in [-0.25, -0.2) is 0 Å². The Morgan fingerprint density at radius 1 is 1.48 bits per heavy atom. The first kappa shape index (κ1) is 15.3. The number of rotatable bonds is 5. The van der Waals surface area contributed by atoms with Crippen LogP contribution < -0.4 is 10.2 Å². The van der Waals surface area contributed by atoms with Crippen molar-refractivity contribution in [3.63, 3.8) is 0 Å². The summed E-state index contributed by atoms with van der Waals surface area (Å²) in [6.07, 6.45) is -0.333. The maximum atomic E-state index is 12.3. The zero-order valence-electron chi connectivity index (χ0n) is 12.5. The molecule has 0 fully saturated rings. The lowest BCUT2D eigenvalue weighted by molar-refractivity contribution is -0.128. The van der Waals surface area contributed by atoms with Crippen LogP contribution in [0.2, 0.25) is 5.02 Å². The highest BCUT2D eigenvalue weighted by atomic mass is 35.5. The molecule has 1 atom stereocenters. The molecule has 0 saturated carbocycles. The van der Waals surface area contributed by atoms with Crippen molar-refractivity contribution in [1.29, 1.82) is 0 Å². The molecule has 1 amide bonds. The molecular formula is C14H14ClN5O3. The number of fused-ring (bicyclic) bond motifs is 1. The van der Waals surface area contributed by atoms with Crippen LogP contribution in [0.15, 0.2) is 28.8 Å². The Kier molecular flexibility index (Phi) is 4.16. The number of nitrogens with one attached hydrogen (secondary N) is 1. The standard InChI is InChI=1S/C14H14ClN5O3/c1-3-12(14(21)16-13-6-8(2)22-18-13)23-20-11-7-9(15)4-5-10(11)17-19-20/h4-7,12H,3H2,1-2H3,(H,16,18,21). The average molecular weight is 336 g/mol. The summed E-state index contributed by atoms with van der Waals surface area (Å²) in [5.74, 6) is 0.582. The van der Waals surface area contributed by atoms with E-state index in [1.165, 1.54) is 4.85 Å². The minimum Gasteiger partial charge on any atom is -0.381 e. The Labute approximate surface area is 136 Å². The van der Waals surface area contributed by atoms with Crippen LogP contribution in [0, 0.1) is 6.92 Å². The Hall–Kier alpha value is -2.61. The summed E-state index contributed by atoms with van der Waals surface area (Å²) in [4.78, 5) is 19.1. The van der Waals surface area contributed by atoms with Crippen molar-refractivity contribution in [2.24, 2.45) is 0 Å². The molecule has 0 aliphatic carbocycles. The molecular weight excluding hydrogens is 322 g/mol. The molecule has 1 unspecified atom stereocenters. The number of aryl methyl sites for hydroxylation is 1. The molecule has 0 bridgehead atoms. The van der Waals surface area contributed by atoms with Crippen molar-refractivity contribution in [3.05, 3.63) is 35.0 Å². The highest BCUT2D eigenvalue weighted by Crippen LogP contribution is 2.17. The average Bonchev–Trinajstić information content (AvgIpc) is 3.10. The zero-order chi connectivity index (χ0) is 16.4. The van der Waals surface area contributed by atoms with Crippen LogP contribution in [0.25, 0.3) is 11.0 Å². The molecule has 1 aromatic carbocycles. The Balaban J connectivity index is 1.77. The molecule has 2 aromatic heterocycles. The van der Waals surface area contributed by atoms with Gasteiger partial charge in [0.1, 0.15) is 16.8 Å². The summed E-state index contributed by atoms with van der Waals surface area (Å²) < 4.78 is 4.91. The molecule has 1 N–H and O–H groups in total. The smallest absolute Gasteiger partial charge is 0.269 e. The van der Waals surface area contributed by atoms with Crippen LogP contribution >= 0.6 is 11.6 Å². The van der Waals surface area contributed by atoms with Crippen LogP contribution in [-0.4, -0.2) is 32.3 Å². The molecule has 0 saturated heterocycles. The molecule has 0 aliphatic rings. The second kappa shape index (κ2) is 6.25. The number of nitrogens with zero attached hydrogens (tertiary/aromatic N) is 4. The second-order valence-corrected chi connectivity index (χ2v) is 5.35. The maximum absolute atomic E-state index is 12.3. The third kappa shape index (κ3) is 3.26. The van der Waals surface area contributed by atoms with Gasteiger partial charge in [0.2, 0.25) is 6.10 Å². The number of anilines is 1. The van der Waals surface area contributed by atoms with Gasteiger partial charge in [-0.15, -0.1) is 5.10 Å². The van der Waals surface area contributed by atoms with Crippen LogP contribution in [-0.2, 0) is 4.79 Å². The van der Waals surface area contributed by atoms with Crippen molar-refractivity contribution < 1.29 is 14.2 Å². The molecule has 23 heavy (non-hydrogen) atoms. The summed E-state index contributed by atoms with van der Waals surface area (Å²) in [6.45, 7) is 3.56. The molecule has 0 spiro atoms. The number of halogens is 1. The van der Waals surface area contributed by atoms with Gasteiger partial charge in [-0.2, -0.15) is 0 Å². The van der Waals surface area contributed by atoms with Gasteiger partial charge in [-0.1, -0.05) is 28.5 Å². The van der Waals surface area contributed by atoms with Gasteiger partial charge in [0, 0.05) is 11.1 Å². The lowest BCUT2D eigenvalue weighted by atomic mass is 10.2. The van der Waals surface area contributed by atoms with Crippen molar-refractivity contribution >= 4 is 34.4 Å². The Morgan fingerprint density at radius 2 is 2.30 bits per heavy atom. The van der Waals surface area contributed by atoms with E-state index in [0.29, 0.717) is 34.1 Å². The number of hydrogen-bond donors (Lipinski definition) is 1. The lowest BCUT2D eigenvalue weighted by Gasteiger charge is -2.15. The number of amides is 1. The fourth-order valence-corrected chi connectivity index (χ4v) is 2.18. The molecule has 3 aromatic rings. The van der Waals surface area contributed by atoms with E-state index in [1.807, 2.05) is 6.92 Å². The third-order valence-electron chi connectivity index (χ3n) is 3.15. The lowest BCUT2D eigenvalue weighted by Crippen LogP contribution is -2.37. The first-order valence-corrected chi connectivity index (χ1v) is 7.37. The number of carbonyl (C=O) groups excluding carboxylic acids is 1. The highest BCUT2D eigenvalue weighted by Gasteiger charge is 2.22. The third-order valence-corrected chi connectivity index (χ3v) is 3.38. The summed E-state index contributed by atoms with van der Waals surface area (Å²) in [5.41, 5.74) is 1.21. The summed E-state index contributed by atoms with van der Waals surface area (Å²) >= 11 is 5.97. The molecule has 0 radical (unpaired) electrons. The van der Waals surface area contributed by atoms with E-state index in [0.717, 1.165) is 0 Å². The SMILES string of the molecule is CCC(On1nnc2ccc(Cl)cc21)C(=O)Nc1cc(C)on1. The summed E-state index contributed by atoms with van der Waals surface area (Å²) in [7, 11) is 0. The topological polar surface area (TPSA) is 95.1 Å². The Bertz CT molecular complexity index is 844. The van der Waals surface area contributed by atoms with Gasteiger partial charge in [0.25, 0.3) is 5.91 Å². The minimum absolute atomic E-state index is 0.334. The molecule has 120 valence electrons. The fourth-order valence-electron chi connectivity index (χ4n) is 2.01. The number of hydrogen-bond acceptors (Lipinski definition) is 6. The van der Waals surface area contributed by atoms with Gasteiger partial charge in [-0.05, 0) is 36.8 Å². The van der Waals surface area contributed by atoms with Gasteiger partial charge < -0.3 is 14.7 Å². The predicted octanol–water partition coefficient (Wildman–Crippen LogP) is 2.23. The van der Waals surface area contributed by atoms with E-state index in [9.17, 15) is 4.79 Å². The molecule has 3 rings (SSSR count). The largest absolute Gasteiger partial charge is 0.381 e. The predicted molar refractivity (Wildman–Crippen MR) is 83.1 cm³/mol. The summed E-state index contributed by atoms with van der Waals surface area (Å²) in [6, 6.07) is 6.72. The van der Waals surface area contributed by atoms with Crippen molar-refractivity contribution in [2.75, 3.05) is 5.32 Å². The van der Waals surface area contributed by atoms with E-state index in [1.54, 1.807) is 31.2 Å². The van der Waals surface area contributed by atoms with E-state index in [-0.39, 0.29) is 5.91 Å². The molecule has 2 heterocycles. The molecule has 9 heteroatoms. The first-order chi connectivity index (χ1) is 11.1. The normalized spacial score (nSPS) is 12.3. The quantitative estimate of drug-likeness (QED) is 0.768. The van der Waals surface area contributed by atoms with Crippen LogP contribution in [0.5, 0.6) is 0 Å². The van der Waals surface area contributed by atoms with E-state index in [2.05, 4.69) is 20.8 Å². The zero-order valence-corrected chi connectivity index (χ0v) is 13.2. The first-order valence-electron chi connectivity index (χ1n) is 6.99. The van der Waals surface area contributed by atoms with E-state index in [4.69, 9.17) is 21.0 Å². The second-order valence-electron chi connectivity index (χ2n) is 4.91. The van der Waals surface area contributed by atoms with Gasteiger partial charge >= 0.3 is 0 Å². The van der Waals surface area contributed by atoms with Crippen molar-refractivity contribution in [2.45, 2.75) is 26.4 Å². The highest BCUT2D eigenvalue weighted by molar-refractivity contribution is 6.31. The number of benzene rings is 1. The monoisotopic (exact) mass is 335 g/mol. The van der Waals surface area contributed by atoms with Crippen molar-refractivity contribution in [3.8, 4) is 0 Å². The van der Waals surface area contributed by atoms with Crippen molar-refractivity contribution in [1.82, 2.24) is 20.3 Å². The Morgan fingerprint density at radius 3 is 3.00 bits per heavy atom. The minimum atomic E-state index is -0.768. The van der Waals surface area contributed by atoms with Crippen LogP contribution in [0.1, 0.15) is 19.1 Å². The van der Waals surface area contributed by atoms with Gasteiger partial charge in [0.15, 0.2) is 5.82 Å². The maximum Gasteiger partial charge on any atom is 0.269 e. The van der Waals surface area contributed by atoms with Gasteiger partial charge in [0.05, 0.1) is 0 Å². The summed E-state index contributed by atoms with van der Waals surface area (Å²) in [5, 5.41) is 14.7. The molecule has 0 aliphatic heterocycles. The van der Waals surface area contributed by atoms with Crippen LogP contribution in [0.4, 0.5) is 5.82 Å². The molecule has 8 nitrogen and oxygen atoms in total. The van der Waals surface area contributed by atoms with E-state index >= 15 is 0 Å². The number of carbonyl (C=O) groups is 1. The van der Waals surface area contributed by atoms with Gasteiger partial charge in [-0.3, -0.25) is 4.79 Å². The van der Waals surface area contributed by atoms with Crippen LogP contribution in [0.3, 0.4) is 0 Å². The number of aromatic nitrogens is 4.